The topological polar surface area (TPSA) is 83.0 Å². The second kappa shape index (κ2) is 9.58. The molecule has 142 valence electrons. The van der Waals surface area contributed by atoms with Crippen molar-refractivity contribution in [3.8, 4) is 0 Å². The molecule has 1 saturated heterocycles. The van der Waals surface area contributed by atoms with Gasteiger partial charge in [-0.2, -0.15) is 0 Å². The van der Waals surface area contributed by atoms with E-state index < -0.39 is 14.6 Å². The first-order chi connectivity index (χ1) is 11.2. The fourth-order valence-electron chi connectivity index (χ4n) is 2.31. The molecule has 0 aromatic rings. The van der Waals surface area contributed by atoms with Crippen LogP contribution in [0.25, 0.3) is 0 Å². The summed E-state index contributed by atoms with van der Waals surface area (Å²) in [5, 5.41) is 6.29. The summed E-state index contributed by atoms with van der Waals surface area (Å²) < 4.78 is 28.9. The van der Waals surface area contributed by atoms with Crippen LogP contribution in [0.2, 0.25) is 0 Å². The van der Waals surface area contributed by atoms with Crippen molar-refractivity contribution >= 4 is 15.8 Å². The number of nitrogens with zero attached hydrogens (tertiary/aromatic N) is 2. The third-order valence-electron chi connectivity index (χ3n) is 4.12. The van der Waals surface area contributed by atoms with Gasteiger partial charge in [0, 0.05) is 32.2 Å². The average Bonchev–Trinajstić information content (AvgIpc) is 2.52. The largest absolute Gasteiger partial charge is 0.379 e. The SMILES string of the molecule is CCNC(=NCC(C)N1CCOCC1)NCCS(=O)(=O)C(C)(C)C. The lowest BCUT2D eigenvalue weighted by molar-refractivity contribution is 0.0220. The van der Waals surface area contributed by atoms with Crippen LogP contribution < -0.4 is 10.6 Å². The van der Waals surface area contributed by atoms with Crippen LogP contribution in [-0.2, 0) is 14.6 Å². The van der Waals surface area contributed by atoms with Crippen molar-refractivity contribution in [2.45, 2.75) is 45.4 Å². The molecule has 1 aliphatic heterocycles. The van der Waals surface area contributed by atoms with E-state index in [2.05, 4.69) is 27.4 Å². The molecule has 0 radical (unpaired) electrons. The quantitative estimate of drug-likeness (QED) is 0.506. The number of aliphatic imine (C=N–C) groups is 1. The Balaban J connectivity index is 2.50. The Kier molecular flexibility index (Phi) is 8.45. The molecule has 2 N–H and O–H groups in total. The minimum atomic E-state index is -3.12. The Hall–Kier alpha value is -0.860. The van der Waals surface area contributed by atoms with E-state index >= 15 is 0 Å². The molecule has 0 amide bonds. The Bertz CT molecular complexity index is 494. The van der Waals surface area contributed by atoms with E-state index in [4.69, 9.17) is 4.74 Å². The smallest absolute Gasteiger partial charge is 0.191 e. The molecular weight excluding hydrogens is 328 g/mol. The third kappa shape index (κ3) is 6.94. The van der Waals surface area contributed by atoms with Gasteiger partial charge in [-0.25, -0.2) is 8.42 Å². The van der Waals surface area contributed by atoms with Gasteiger partial charge in [0.2, 0.25) is 0 Å². The van der Waals surface area contributed by atoms with Crippen molar-refractivity contribution in [2.24, 2.45) is 4.99 Å². The van der Waals surface area contributed by atoms with Gasteiger partial charge in [0.05, 0.1) is 30.3 Å². The van der Waals surface area contributed by atoms with Crippen LogP contribution in [-0.4, -0.2) is 81.8 Å². The fourth-order valence-corrected chi connectivity index (χ4v) is 3.29. The van der Waals surface area contributed by atoms with Crippen molar-refractivity contribution in [2.75, 3.05) is 51.7 Å². The molecule has 0 saturated carbocycles. The predicted octanol–water partition coefficient (Wildman–Crippen LogP) is 0.476. The maximum Gasteiger partial charge on any atom is 0.191 e. The van der Waals surface area contributed by atoms with E-state index in [0.29, 0.717) is 25.1 Å². The Labute approximate surface area is 147 Å². The second-order valence-corrected chi connectivity index (χ2v) is 9.94. The lowest BCUT2D eigenvalue weighted by Crippen LogP contribution is -2.45. The van der Waals surface area contributed by atoms with Gasteiger partial charge < -0.3 is 15.4 Å². The van der Waals surface area contributed by atoms with Gasteiger partial charge in [0.15, 0.2) is 15.8 Å². The minimum absolute atomic E-state index is 0.0972. The second-order valence-electron chi connectivity index (χ2n) is 7.08. The van der Waals surface area contributed by atoms with Gasteiger partial charge in [0.1, 0.15) is 0 Å². The molecule has 0 spiro atoms. The molecule has 24 heavy (non-hydrogen) atoms. The predicted molar refractivity (Wildman–Crippen MR) is 99.4 cm³/mol. The molecule has 1 heterocycles. The summed E-state index contributed by atoms with van der Waals surface area (Å²) >= 11 is 0. The molecule has 1 aliphatic rings. The van der Waals surface area contributed by atoms with Crippen molar-refractivity contribution in [1.29, 1.82) is 0 Å². The van der Waals surface area contributed by atoms with Crippen LogP contribution in [0.3, 0.4) is 0 Å². The van der Waals surface area contributed by atoms with E-state index in [0.717, 1.165) is 32.8 Å². The van der Waals surface area contributed by atoms with Gasteiger partial charge in [-0.1, -0.05) is 0 Å². The zero-order valence-electron chi connectivity index (χ0n) is 15.8. The summed E-state index contributed by atoms with van der Waals surface area (Å²) in [6, 6.07) is 0.336. The van der Waals surface area contributed by atoms with Crippen molar-refractivity contribution in [1.82, 2.24) is 15.5 Å². The van der Waals surface area contributed by atoms with Crippen LogP contribution in [0, 0.1) is 0 Å². The zero-order chi connectivity index (χ0) is 18.2. The van der Waals surface area contributed by atoms with E-state index in [-0.39, 0.29) is 5.75 Å². The van der Waals surface area contributed by atoms with Gasteiger partial charge >= 0.3 is 0 Å². The first-order valence-electron chi connectivity index (χ1n) is 8.73. The summed E-state index contributed by atoms with van der Waals surface area (Å²) in [5.41, 5.74) is 0. The first kappa shape index (κ1) is 21.2. The van der Waals surface area contributed by atoms with Gasteiger partial charge in [-0.05, 0) is 34.6 Å². The van der Waals surface area contributed by atoms with Crippen LogP contribution in [0.15, 0.2) is 4.99 Å². The maximum atomic E-state index is 12.1. The third-order valence-corrected chi connectivity index (χ3v) is 6.73. The highest BCUT2D eigenvalue weighted by Gasteiger charge is 2.28. The van der Waals surface area contributed by atoms with E-state index in [1.54, 1.807) is 20.8 Å². The molecule has 0 aromatic carbocycles. The molecule has 1 fully saturated rings. The monoisotopic (exact) mass is 362 g/mol. The zero-order valence-corrected chi connectivity index (χ0v) is 16.6. The van der Waals surface area contributed by atoms with Crippen molar-refractivity contribution in [3.63, 3.8) is 0 Å². The average molecular weight is 363 g/mol. The number of hydrogen-bond donors (Lipinski definition) is 2. The highest BCUT2D eigenvalue weighted by atomic mass is 32.2. The number of rotatable bonds is 7. The first-order valence-corrected chi connectivity index (χ1v) is 10.4. The standard InChI is InChI=1S/C16H34N4O3S/c1-6-17-15(18-7-12-24(21,22)16(3,4)5)19-13-14(2)20-8-10-23-11-9-20/h14H,6-13H2,1-5H3,(H2,17,18,19). The number of sulfone groups is 1. The molecule has 0 bridgehead atoms. The van der Waals surface area contributed by atoms with Gasteiger partial charge in [0.25, 0.3) is 0 Å². The number of guanidine groups is 1. The van der Waals surface area contributed by atoms with Crippen LogP contribution in [0.1, 0.15) is 34.6 Å². The molecule has 1 rings (SSSR count). The van der Waals surface area contributed by atoms with Crippen LogP contribution in [0.5, 0.6) is 0 Å². The van der Waals surface area contributed by atoms with Crippen LogP contribution in [0.4, 0.5) is 0 Å². The summed E-state index contributed by atoms with van der Waals surface area (Å²) in [5.74, 6) is 0.765. The molecule has 0 aromatic heterocycles. The Morgan fingerprint density at radius 2 is 1.88 bits per heavy atom. The van der Waals surface area contributed by atoms with E-state index in [9.17, 15) is 8.42 Å². The molecule has 1 unspecified atom stereocenters. The number of nitrogens with one attached hydrogen (secondary N) is 2. The highest BCUT2D eigenvalue weighted by Crippen LogP contribution is 2.15. The van der Waals surface area contributed by atoms with E-state index in [1.807, 2.05) is 6.92 Å². The molecule has 1 atom stereocenters. The Morgan fingerprint density at radius 3 is 2.42 bits per heavy atom. The minimum Gasteiger partial charge on any atom is -0.379 e. The fraction of sp³-hybridized carbons (Fsp3) is 0.938. The van der Waals surface area contributed by atoms with Gasteiger partial charge in [-0.3, -0.25) is 9.89 Å². The number of ether oxygens (including phenoxy) is 1. The summed E-state index contributed by atoms with van der Waals surface area (Å²) in [6.07, 6.45) is 0. The number of hydrogen-bond acceptors (Lipinski definition) is 5. The summed E-state index contributed by atoms with van der Waals surface area (Å²) in [4.78, 5) is 6.95. The van der Waals surface area contributed by atoms with Crippen molar-refractivity contribution in [3.05, 3.63) is 0 Å². The normalized spacial score (nSPS) is 19.1. The van der Waals surface area contributed by atoms with Gasteiger partial charge in [-0.15, -0.1) is 0 Å². The molecule has 0 aliphatic carbocycles. The van der Waals surface area contributed by atoms with E-state index in [1.165, 1.54) is 0 Å². The Morgan fingerprint density at radius 1 is 1.25 bits per heavy atom. The molecule has 8 heteroatoms. The number of morpholine rings is 1. The lowest BCUT2D eigenvalue weighted by Gasteiger charge is -2.31. The maximum absolute atomic E-state index is 12.1. The summed E-state index contributed by atoms with van der Waals surface area (Å²) in [7, 11) is -3.12. The van der Waals surface area contributed by atoms with Crippen molar-refractivity contribution < 1.29 is 13.2 Å². The lowest BCUT2D eigenvalue weighted by atomic mass is 10.2. The summed E-state index contributed by atoms with van der Waals surface area (Å²) in [6.45, 7) is 14.5. The molecule has 7 nitrogen and oxygen atoms in total. The highest BCUT2D eigenvalue weighted by molar-refractivity contribution is 7.92. The van der Waals surface area contributed by atoms with Crippen LogP contribution >= 0.6 is 0 Å². The molecular formula is C16H34N4O3S.